The Hall–Kier alpha value is -1.69. The average molecular weight is 276 g/mol. The molecule has 1 aliphatic rings. The molecule has 1 saturated carbocycles. The molecule has 0 unspecified atom stereocenters. The molecule has 0 aromatic carbocycles. The molecule has 0 saturated heterocycles. The van der Waals surface area contributed by atoms with E-state index in [1.807, 2.05) is 11.6 Å². The van der Waals surface area contributed by atoms with Crippen LogP contribution in [0.25, 0.3) is 0 Å². The molecule has 5 nitrogen and oxygen atoms in total. The van der Waals surface area contributed by atoms with E-state index in [0.29, 0.717) is 6.04 Å². The lowest BCUT2D eigenvalue weighted by atomic mass is 9.91. The van der Waals surface area contributed by atoms with Crippen LogP contribution in [0.1, 0.15) is 31.7 Å². The van der Waals surface area contributed by atoms with E-state index in [1.165, 1.54) is 0 Å². The van der Waals surface area contributed by atoms with E-state index in [2.05, 4.69) is 15.4 Å². The molecule has 100 valence electrons. The van der Waals surface area contributed by atoms with Gasteiger partial charge in [-0.2, -0.15) is 5.10 Å². The lowest BCUT2D eigenvalue weighted by Crippen LogP contribution is -2.32. The minimum atomic E-state index is -0.00108. The van der Waals surface area contributed by atoms with Crippen LogP contribution < -0.4 is 10.9 Å². The van der Waals surface area contributed by atoms with Gasteiger partial charge in [-0.15, -0.1) is 11.3 Å². The monoisotopic (exact) mass is 276 g/mol. The van der Waals surface area contributed by atoms with E-state index in [1.54, 1.807) is 34.3 Å². The highest BCUT2D eigenvalue weighted by atomic mass is 32.1. The zero-order chi connectivity index (χ0) is 13.1. The fourth-order valence-electron chi connectivity index (χ4n) is 2.58. The largest absolute Gasteiger partial charge is 0.359 e. The summed E-state index contributed by atoms with van der Waals surface area (Å²) in [6.07, 6.45) is 7.56. The normalized spacial score (nSPS) is 23.2. The van der Waals surface area contributed by atoms with Crippen molar-refractivity contribution in [3.8, 4) is 0 Å². The molecule has 2 aromatic heterocycles. The summed E-state index contributed by atoms with van der Waals surface area (Å²) in [5.74, 6) is 0. The minimum Gasteiger partial charge on any atom is -0.359 e. The van der Waals surface area contributed by atoms with Crippen molar-refractivity contribution < 1.29 is 0 Å². The first-order chi connectivity index (χ1) is 9.33. The zero-order valence-corrected chi connectivity index (χ0v) is 11.3. The van der Waals surface area contributed by atoms with Gasteiger partial charge in [-0.25, -0.2) is 9.67 Å². The van der Waals surface area contributed by atoms with Crippen LogP contribution in [0.15, 0.2) is 34.7 Å². The molecule has 1 N–H and O–H groups in total. The van der Waals surface area contributed by atoms with Crippen molar-refractivity contribution in [3.05, 3.63) is 40.3 Å². The Morgan fingerprint density at radius 2 is 2.11 bits per heavy atom. The molecular weight excluding hydrogens is 260 g/mol. The van der Waals surface area contributed by atoms with E-state index in [4.69, 9.17) is 0 Å². The van der Waals surface area contributed by atoms with Crippen LogP contribution in [0.3, 0.4) is 0 Å². The summed E-state index contributed by atoms with van der Waals surface area (Å²) in [6.45, 7) is 0. The summed E-state index contributed by atoms with van der Waals surface area (Å²) in [5, 5.41) is 10.6. The number of thiazole rings is 1. The SMILES string of the molecule is O=c1cccnn1C1CCC(Nc2nccs2)CC1. The van der Waals surface area contributed by atoms with Crippen molar-refractivity contribution in [2.24, 2.45) is 0 Å². The first-order valence-corrected chi connectivity index (χ1v) is 7.41. The number of anilines is 1. The van der Waals surface area contributed by atoms with Gasteiger partial charge in [0.25, 0.3) is 5.56 Å². The van der Waals surface area contributed by atoms with Gasteiger partial charge < -0.3 is 5.32 Å². The maximum atomic E-state index is 11.7. The van der Waals surface area contributed by atoms with Gasteiger partial charge in [-0.05, 0) is 31.7 Å². The van der Waals surface area contributed by atoms with Crippen LogP contribution in [0.2, 0.25) is 0 Å². The maximum absolute atomic E-state index is 11.7. The number of nitrogens with one attached hydrogen (secondary N) is 1. The highest BCUT2D eigenvalue weighted by Crippen LogP contribution is 2.29. The molecule has 2 aromatic rings. The van der Waals surface area contributed by atoms with Crippen LogP contribution in [0, 0.1) is 0 Å². The molecule has 3 rings (SSSR count). The highest BCUT2D eigenvalue weighted by Gasteiger charge is 2.23. The van der Waals surface area contributed by atoms with Crippen LogP contribution in [0.5, 0.6) is 0 Å². The molecule has 0 radical (unpaired) electrons. The molecule has 1 fully saturated rings. The highest BCUT2D eigenvalue weighted by molar-refractivity contribution is 7.13. The second-order valence-corrected chi connectivity index (χ2v) is 5.69. The average Bonchev–Trinajstić information content (AvgIpc) is 2.93. The Labute approximate surface area is 115 Å². The summed E-state index contributed by atoms with van der Waals surface area (Å²) in [7, 11) is 0. The molecule has 6 heteroatoms. The fraction of sp³-hybridized carbons (Fsp3) is 0.462. The van der Waals surface area contributed by atoms with Gasteiger partial charge in [-0.3, -0.25) is 4.79 Å². The molecule has 0 spiro atoms. The molecule has 0 aliphatic heterocycles. The van der Waals surface area contributed by atoms with E-state index in [9.17, 15) is 4.79 Å². The Morgan fingerprint density at radius 1 is 1.26 bits per heavy atom. The molecule has 2 heterocycles. The third-order valence-corrected chi connectivity index (χ3v) is 4.25. The molecule has 0 atom stereocenters. The van der Waals surface area contributed by atoms with Crippen LogP contribution in [-0.2, 0) is 0 Å². The van der Waals surface area contributed by atoms with Crippen molar-refractivity contribution in [3.63, 3.8) is 0 Å². The third-order valence-electron chi connectivity index (χ3n) is 3.54. The topological polar surface area (TPSA) is 59.8 Å². The van der Waals surface area contributed by atoms with Crippen molar-refractivity contribution in [2.75, 3.05) is 5.32 Å². The number of hydrogen-bond donors (Lipinski definition) is 1. The summed E-state index contributed by atoms with van der Waals surface area (Å²) in [6, 6.07) is 3.96. The smallest absolute Gasteiger partial charge is 0.266 e. The molecular formula is C13H16N4OS. The van der Waals surface area contributed by atoms with Crippen molar-refractivity contribution in [1.82, 2.24) is 14.8 Å². The Morgan fingerprint density at radius 3 is 2.79 bits per heavy atom. The van der Waals surface area contributed by atoms with E-state index >= 15 is 0 Å². The maximum Gasteiger partial charge on any atom is 0.266 e. The van der Waals surface area contributed by atoms with Gasteiger partial charge in [-0.1, -0.05) is 0 Å². The fourth-order valence-corrected chi connectivity index (χ4v) is 3.18. The van der Waals surface area contributed by atoms with Crippen molar-refractivity contribution >= 4 is 16.5 Å². The molecule has 19 heavy (non-hydrogen) atoms. The zero-order valence-electron chi connectivity index (χ0n) is 10.5. The third kappa shape index (κ3) is 2.84. The second kappa shape index (κ2) is 5.52. The first-order valence-electron chi connectivity index (χ1n) is 6.53. The quantitative estimate of drug-likeness (QED) is 0.934. The number of rotatable bonds is 3. The van der Waals surface area contributed by atoms with Gasteiger partial charge in [0.2, 0.25) is 0 Å². The number of aromatic nitrogens is 3. The molecule has 1 aliphatic carbocycles. The summed E-state index contributed by atoms with van der Waals surface area (Å²) in [4.78, 5) is 16.0. The van der Waals surface area contributed by atoms with Gasteiger partial charge in [0, 0.05) is 29.9 Å². The first kappa shape index (κ1) is 12.3. The predicted molar refractivity (Wildman–Crippen MR) is 75.5 cm³/mol. The van der Waals surface area contributed by atoms with Crippen LogP contribution in [-0.4, -0.2) is 20.8 Å². The number of hydrogen-bond acceptors (Lipinski definition) is 5. The van der Waals surface area contributed by atoms with Crippen molar-refractivity contribution in [2.45, 2.75) is 37.8 Å². The molecule has 0 amide bonds. The minimum absolute atomic E-state index is 0.00108. The Kier molecular flexibility index (Phi) is 3.59. The van der Waals surface area contributed by atoms with E-state index < -0.39 is 0 Å². The van der Waals surface area contributed by atoms with Crippen LogP contribution in [0.4, 0.5) is 5.13 Å². The van der Waals surface area contributed by atoms with Gasteiger partial charge >= 0.3 is 0 Å². The lowest BCUT2D eigenvalue weighted by Gasteiger charge is -2.29. The van der Waals surface area contributed by atoms with Crippen molar-refractivity contribution in [1.29, 1.82) is 0 Å². The summed E-state index contributed by atoms with van der Waals surface area (Å²) in [5.41, 5.74) is -0.00108. The second-order valence-electron chi connectivity index (χ2n) is 4.79. The Balaban J connectivity index is 1.61. The van der Waals surface area contributed by atoms with E-state index in [0.717, 1.165) is 30.8 Å². The Bertz CT molecular complexity index is 572. The number of nitrogens with zero attached hydrogens (tertiary/aromatic N) is 3. The predicted octanol–water partition coefficient (Wildman–Crippen LogP) is 2.30. The van der Waals surface area contributed by atoms with Crippen LogP contribution >= 0.6 is 11.3 Å². The standard InChI is InChI=1S/C13H16N4OS/c18-12-2-1-7-15-17(12)11-5-3-10(4-6-11)16-13-14-8-9-19-13/h1-2,7-11H,3-6H2,(H,14,16). The van der Waals surface area contributed by atoms with Gasteiger partial charge in [0.1, 0.15) is 0 Å². The summed E-state index contributed by atoms with van der Waals surface area (Å²) >= 11 is 1.63. The summed E-state index contributed by atoms with van der Waals surface area (Å²) < 4.78 is 1.62. The van der Waals surface area contributed by atoms with Gasteiger partial charge in [0.15, 0.2) is 5.13 Å². The lowest BCUT2D eigenvalue weighted by molar-refractivity contribution is 0.304. The van der Waals surface area contributed by atoms with E-state index in [-0.39, 0.29) is 11.6 Å². The molecule has 0 bridgehead atoms. The van der Waals surface area contributed by atoms with Gasteiger partial charge in [0.05, 0.1) is 6.04 Å².